The van der Waals surface area contributed by atoms with Crippen molar-refractivity contribution in [1.29, 1.82) is 0 Å². The van der Waals surface area contributed by atoms with Gasteiger partial charge >= 0.3 is 0 Å². The van der Waals surface area contributed by atoms with E-state index in [1.807, 2.05) is 0 Å². The summed E-state index contributed by atoms with van der Waals surface area (Å²) in [4.78, 5) is 0. The molecule has 0 aromatic heterocycles. The largest absolute Gasteiger partial charge is 0.314 e. The third-order valence-corrected chi connectivity index (χ3v) is 4.36. The van der Waals surface area contributed by atoms with Gasteiger partial charge in [0, 0.05) is 12.6 Å². The fraction of sp³-hybridized carbons (Fsp3) is 0.625. The third-order valence-electron chi connectivity index (χ3n) is 4.36. The summed E-state index contributed by atoms with van der Waals surface area (Å²) in [6, 6.07) is 7.84. The van der Waals surface area contributed by atoms with Gasteiger partial charge in [0.25, 0.3) is 0 Å². The summed E-state index contributed by atoms with van der Waals surface area (Å²) in [6.45, 7) is 3.33. The Kier molecular flexibility index (Phi) is 3.96. The van der Waals surface area contributed by atoms with Gasteiger partial charge in [-0.3, -0.25) is 0 Å². The maximum Gasteiger partial charge on any atom is 0.0208 e. The maximum absolute atomic E-state index is 3.70. The van der Waals surface area contributed by atoms with Gasteiger partial charge in [0.1, 0.15) is 0 Å². The van der Waals surface area contributed by atoms with E-state index in [-0.39, 0.29) is 0 Å². The van der Waals surface area contributed by atoms with E-state index in [0.717, 1.165) is 25.7 Å². The SMILES string of the molecule is c1cc2c(cc1CCNC1CCCC1)CCNC2. The Hall–Kier alpha value is -0.860. The molecule has 1 aliphatic carbocycles. The molecule has 0 unspecified atom stereocenters. The highest BCUT2D eigenvalue weighted by Gasteiger charge is 2.13. The Balaban J connectivity index is 1.52. The number of nitrogens with one attached hydrogen (secondary N) is 2. The molecule has 1 saturated carbocycles. The molecule has 1 fully saturated rings. The van der Waals surface area contributed by atoms with Crippen LogP contribution in [-0.2, 0) is 19.4 Å². The van der Waals surface area contributed by atoms with Gasteiger partial charge in [0.05, 0.1) is 0 Å². The molecule has 1 aliphatic heterocycles. The van der Waals surface area contributed by atoms with Gasteiger partial charge in [-0.25, -0.2) is 0 Å². The lowest BCUT2D eigenvalue weighted by Crippen LogP contribution is -2.28. The third kappa shape index (κ3) is 2.93. The normalized spacial score (nSPS) is 20.0. The Labute approximate surface area is 110 Å². The van der Waals surface area contributed by atoms with Crippen molar-refractivity contribution in [2.24, 2.45) is 0 Å². The molecule has 98 valence electrons. The average Bonchev–Trinajstić information content (AvgIpc) is 2.92. The van der Waals surface area contributed by atoms with Gasteiger partial charge in [-0.05, 0) is 55.5 Å². The minimum absolute atomic E-state index is 0.798. The average molecular weight is 244 g/mol. The van der Waals surface area contributed by atoms with Crippen LogP contribution in [0.4, 0.5) is 0 Å². The monoisotopic (exact) mass is 244 g/mol. The molecular formula is C16H24N2. The Morgan fingerprint density at radius 2 is 2.06 bits per heavy atom. The first kappa shape index (κ1) is 12.2. The van der Waals surface area contributed by atoms with Crippen LogP contribution in [0.2, 0.25) is 0 Å². The predicted molar refractivity (Wildman–Crippen MR) is 75.8 cm³/mol. The van der Waals surface area contributed by atoms with Crippen molar-refractivity contribution in [1.82, 2.24) is 10.6 Å². The van der Waals surface area contributed by atoms with Crippen molar-refractivity contribution >= 4 is 0 Å². The van der Waals surface area contributed by atoms with Crippen LogP contribution in [0.15, 0.2) is 18.2 Å². The number of hydrogen-bond donors (Lipinski definition) is 2. The van der Waals surface area contributed by atoms with Crippen LogP contribution in [-0.4, -0.2) is 19.1 Å². The van der Waals surface area contributed by atoms with E-state index in [2.05, 4.69) is 28.8 Å². The van der Waals surface area contributed by atoms with Gasteiger partial charge in [0.2, 0.25) is 0 Å². The van der Waals surface area contributed by atoms with Crippen LogP contribution in [0.3, 0.4) is 0 Å². The molecule has 18 heavy (non-hydrogen) atoms. The van der Waals surface area contributed by atoms with Crippen LogP contribution in [0, 0.1) is 0 Å². The fourth-order valence-corrected chi connectivity index (χ4v) is 3.24. The number of fused-ring (bicyclic) bond motifs is 1. The molecular weight excluding hydrogens is 220 g/mol. The second-order valence-corrected chi connectivity index (χ2v) is 5.72. The molecule has 0 atom stereocenters. The smallest absolute Gasteiger partial charge is 0.0208 e. The van der Waals surface area contributed by atoms with Crippen molar-refractivity contribution < 1.29 is 0 Å². The molecule has 2 nitrogen and oxygen atoms in total. The minimum Gasteiger partial charge on any atom is -0.314 e. The lowest BCUT2D eigenvalue weighted by molar-refractivity contribution is 0.527. The van der Waals surface area contributed by atoms with E-state index in [1.54, 1.807) is 5.56 Å². The molecule has 1 heterocycles. The minimum atomic E-state index is 0.798. The number of rotatable bonds is 4. The highest BCUT2D eigenvalue weighted by molar-refractivity contribution is 5.33. The summed E-state index contributed by atoms with van der Waals surface area (Å²) in [5, 5.41) is 7.13. The van der Waals surface area contributed by atoms with Crippen LogP contribution in [0.5, 0.6) is 0 Å². The first-order valence-corrected chi connectivity index (χ1v) is 7.46. The zero-order chi connectivity index (χ0) is 12.2. The van der Waals surface area contributed by atoms with Gasteiger partial charge in [-0.15, -0.1) is 0 Å². The predicted octanol–water partition coefficient (Wildman–Crippen LogP) is 2.41. The summed E-state index contributed by atoms with van der Waals surface area (Å²) in [6.07, 6.45) is 7.98. The summed E-state index contributed by atoms with van der Waals surface area (Å²) < 4.78 is 0. The first-order valence-electron chi connectivity index (χ1n) is 7.46. The molecule has 2 N–H and O–H groups in total. The van der Waals surface area contributed by atoms with E-state index in [9.17, 15) is 0 Å². The van der Waals surface area contributed by atoms with Crippen LogP contribution >= 0.6 is 0 Å². The van der Waals surface area contributed by atoms with Crippen LogP contribution in [0.1, 0.15) is 42.4 Å². The van der Waals surface area contributed by atoms with Gasteiger partial charge in [-0.1, -0.05) is 31.0 Å². The number of benzene rings is 1. The van der Waals surface area contributed by atoms with Crippen molar-refractivity contribution in [2.75, 3.05) is 13.1 Å². The zero-order valence-corrected chi connectivity index (χ0v) is 11.2. The summed E-state index contributed by atoms with van der Waals surface area (Å²) >= 11 is 0. The molecule has 0 spiro atoms. The molecule has 2 aliphatic rings. The highest BCUT2D eigenvalue weighted by atomic mass is 14.9. The molecule has 0 bridgehead atoms. The van der Waals surface area contributed by atoms with E-state index >= 15 is 0 Å². The summed E-state index contributed by atoms with van der Waals surface area (Å²) in [5.74, 6) is 0. The van der Waals surface area contributed by atoms with Crippen molar-refractivity contribution in [3.8, 4) is 0 Å². The topological polar surface area (TPSA) is 24.1 Å². The summed E-state index contributed by atoms with van der Waals surface area (Å²) in [7, 11) is 0. The van der Waals surface area contributed by atoms with Gasteiger partial charge in [0.15, 0.2) is 0 Å². The van der Waals surface area contributed by atoms with Gasteiger partial charge in [-0.2, -0.15) is 0 Å². The highest BCUT2D eigenvalue weighted by Crippen LogP contribution is 2.18. The van der Waals surface area contributed by atoms with Crippen LogP contribution < -0.4 is 10.6 Å². The second kappa shape index (κ2) is 5.85. The molecule has 0 saturated heterocycles. The Morgan fingerprint density at radius 3 is 2.94 bits per heavy atom. The molecule has 1 aromatic rings. The Morgan fingerprint density at radius 1 is 1.17 bits per heavy atom. The first-order chi connectivity index (χ1) is 8.92. The lowest BCUT2D eigenvalue weighted by Gasteiger charge is -2.18. The molecule has 2 heteroatoms. The zero-order valence-electron chi connectivity index (χ0n) is 11.2. The van der Waals surface area contributed by atoms with E-state index < -0.39 is 0 Å². The maximum atomic E-state index is 3.70. The lowest BCUT2D eigenvalue weighted by atomic mass is 9.97. The van der Waals surface area contributed by atoms with Crippen molar-refractivity contribution in [2.45, 2.75) is 51.1 Å². The number of hydrogen-bond acceptors (Lipinski definition) is 2. The Bertz CT molecular complexity index is 394. The molecule has 3 rings (SSSR count). The molecule has 0 amide bonds. The van der Waals surface area contributed by atoms with E-state index in [1.165, 1.54) is 49.7 Å². The van der Waals surface area contributed by atoms with Gasteiger partial charge < -0.3 is 10.6 Å². The van der Waals surface area contributed by atoms with E-state index in [0.29, 0.717) is 0 Å². The molecule has 0 radical (unpaired) electrons. The standard InChI is InChI=1S/C16H24N2/c1-2-4-16(3-1)18-10-7-13-5-6-15-12-17-9-8-14(15)11-13/h5-6,11,16-18H,1-4,7-10,12H2. The van der Waals surface area contributed by atoms with Crippen LogP contribution in [0.25, 0.3) is 0 Å². The molecule has 1 aromatic carbocycles. The van der Waals surface area contributed by atoms with Crippen molar-refractivity contribution in [3.63, 3.8) is 0 Å². The van der Waals surface area contributed by atoms with Crippen molar-refractivity contribution in [3.05, 3.63) is 34.9 Å². The summed E-state index contributed by atoms with van der Waals surface area (Å²) in [5.41, 5.74) is 4.56. The fourth-order valence-electron chi connectivity index (χ4n) is 3.24. The quantitative estimate of drug-likeness (QED) is 0.850. The second-order valence-electron chi connectivity index (χ2n) is 5.72. The van der Waals surface area contributed by atoms with E-state index in [4.69, 9.17) is 0 Å².